The van der Waals surface area contributed by atoms with E-state index in [1.165, 1.54) is 0 Å². The van der Waals surface area contributed by atoms with Gasteiger partial charge in [-0.25, -0.2) is 4.79 Å². The minimum absolute atomic E-state index is 0.376. The van der Waals surface area contributed by atoms with Gasteiger partial charge in [0.1, 0.15) is 11.5 Å². The molecule has 2 heterocycles. The van der Waals surface area contributed by atoms with Gasteiger partial charge in [0.05, 0.1) is 32.1 Å². The van der Waals surface area contributed by atoms with Crippen molar-refractivity contribution in [3.8, 4) is 23.0 Å². The van der Waals surface area contributed by atoms with Crippen molar-refractivity contribution in [2.24, 2.45) is 0 Å². The molecule has 202 valence electrons. The summed E-state index contributed by atoms with van der Waals surface area (Å²) in [5.74, 6) is 2.31. The van der Waals surface area contributed by atoms with Gasteiger partial charge < -0.3 is 23.4 Å². The first kappa shape index (κ1) is 24.8. The Bertz CT molecular complexity index is 2040. The van der Waals surface area contributed by atoms with E-state index in [0.29, 0.717) is 39.0 Å². The van der Waals surface area contributed by atoms with Crippen LogP contribution in [-0.2, 0) is 5.60 Å². The molecule has 6 nitrogen and oxygen atoms in total. The highest BCUT2D eigenvalue weighted by Gasteiger charge is 2.39. The molecule has 0 saturated carbocycles. The zero-order valence-electron chi connectivity index (χ0n) is 22.8. The first-order chi connectivity index (χ1) is 20.1. The first-order valence-corrected chi connectivity index (χ1v) is 13.2. The molecule has 0 spiro atoms. The molecule has 1 aromatic heterocycles. The van der Waals surface area contributed by atoms with Gasteiger partial charge in [-0.15, -0.1) is 0 Å². The Balaban J connectivity index is 1.62. The van der Waals surface area contributed by atoms with Crippen LogP contribution in [0.4, 0.5) is 0 Å². The average Bonchev–Trinajstić information content (AvgIpc) is 3.04. The number of fused-ring (bicyclic) bond motifs is 8. The minimum Gasteiger partial charge on any atom is -0.497 e. The quantitative estimate of drug-likeness (QED) is 0.166. The van der Waals surface area contributed by atoms with Crippen LogP contribution >= 0.6 is 0 Å². The summed E-state index contributed by atoms with van der Waals surface area (Å²) in [6.07, 6.45) is 4.20. The smallest absolute Gasteiger partial charge is 0.344 e. The molecule has 6 heteroatoms. The molecule has 0 saturated heterocycles. The molecule has 0 fully saturated rings. The van der Waals surface area contributed by atoms with E-state index in [1.54, 1.807) is 27.4 Å². The molecule has 1 unspecified atom stereocenters. The van der Waals surface area contributed by atoms with E-state index < -0.39 is 11.2 Å². The maximum Gasteiger partial charge on any atom is 0.344 e. The van der Waals surface area contributed by atoms with Gasteiger partial charge in [-0.3, -0.25) is 0 Å². The lowest BCUT2D eigenvalue weighted by atomic mass is 9.82. The van der Waals surface area contributed by atoms with Crippen LogP contribution in [0.25, 0.3) is 38.6 Å². The summed E-state index contributed by atoms with van der Waals surface area (Å²) in [6, 6.07) is 29.3. The molecule has 0 aliphatic carbocycles. The summed E-state index contributed by atoms with van der Waals surface area (Å²) in [7, 11) is 4.76. The van der Waals surface area contributed by atoms with Gasteiger partial charge in [0, 0.05) is 27.5 Å². The molecule has 1 aliphatic rings. The van der Waals surface area contributed by atoms with Crippen LogP contribution in [0, 0.1) is 0 Å². The highest BCUT2D eigenvalue weighted by molar-refractivity contribution is 6.20. The van der Waals surface area contributed by atoms with Gasteiger partial charge in [-0.2, -0.15) is 0 Å². The van der Waals surface area contributed by atoms with Crippen LogP contribution in [-0.4, -0.2) is 21.3 Å². The summed E-state index contributed by atoms with van der Waals surface area (Å²) in [4.78, 5) is 13.4. The number of rotatable bonds is 5. The zero-order valence-corrected chi connectivity index (χ0v) is 22.8. The lowest BCUT2D eigenvalue weighted by molar-refractivity contribution is 0.164. The highest BCUT2D eigenvalue weighted by Crippen LogP contribution is 2.50. The molecule has 6 aromatic rings. The molecule has 1 aliphatic heterocycles. The molecular formula is C35H26O6. The number of ether oxygens (including phenoxy) is 4. The Labute approximate surface area is 236 Å². The average molecular weight is 543 g/mol. The van der Waals surface area contributed by atoms with Crippen molar-refractivity contribution in [3.63, 3.8) is 0 Å². The predicted molar refractivity (Wildman–Crippen MR) is 160 cm³/mol. The number of hydrogen-bond acceptors (Lipinski definition) is 6. The van der Waals surface area contributed by atoms with Crippen LogP contribution in [0.5, 0.6) is 23.0 Å². The van der Waals surface area contributed by atoms with E-state index in [-0.39, 0.29) is 0 Å². The third kappa shape index (κ3) is 3.68. The second kappa shape index (κ2) is 9.45. The summed E-state index contributed by atoms with van der Waals surface area (Å²) in [6.45, 7) is 0. The van der Waals surface area contributed by atoms with E-state index >= 15 is 0 Å². The molecule has 41 heavy (non-hydrogen) atoms. The molecule has 7 rings (SSSR count). The highest BCUT2D eigenvalue weighted by atomic mass is 16.5. The molecular weight excluding hydrogens is 516 g/mol. The van der Waals surface area contributed by atoms with Crippen molar-refractivity contribution in [2.45, 2.75) is 5.60 Å². The van der Waals surface area contributed by atoms with Crippen molar-refractivity contribution in [1.82, 2.24) is 0 Å². The second-order valence-electron chi connectivity index (χ2n) is 9.90. The SMILES string of the molecule is COc1ccc(C2(c3ccccc3)C=Cc3c(c4c5cc(OC)c(OC)cc5c(=O)oc4c4ccccc34)O2)cc1. The molecule has 5 aromatic carbocycles. The van der Waals surface area contributed by atoms with Crippen molar-refractivity contribution < 1.29 is 23.4 Å². The van der Waals surface area contributed by atoms with E-state index in [9.17, 15) is 4.79 Å². The van der Waals surface area contributed by atoms with E-state index in [1.807, 2.05) is 72.8 Å². The summed E-state index contributed by atoms with van der Waals surface area (Å²) in [5.41, 5.74) is 1.81. The van der Waals surface area contributed by atoms with Crippen molar-refractivity contribution in [3.05, 3.63) is 124 Å². The van der Waals surface area contributed by atoms with E-state index in [4.69, 9.17) is 23.4 Å². The van der Waals surface area contributed by atoms with Crippen LogP contribution in [0.15, 0.2) is 106 Å². The Morgan fingerprint density at radius 3 is 1.98 bits per heavy atom. The van der Waals surface area contributed by atoms with E-state index in [0.717, 1.165) is 33.2 Å². The third-order valence-corrected chi connectivity index (χ3v) is 7.84. The normalized spacial score (nSPS) is 16.0. The maximum absolute atomic E-state index is 13.4. The van der Waals surface area contributed by atoms with Gasteiger partial charge in [-0.05, 0) is 41.8 Å². The Kier molecular flexibility index (Phi) is 5.71. The largest absolute Gasteiger partial charge is 0.497 e. The van der Waals surface area contributed by atoms with Crippen molar-refractivity contribution in [1.29, 1.82) is 0 Å². The molecule has 1 atom stereocenters. The van der Waals surface area contributed by atoms with E-state index in [2.05, 4.69) is 24.3 Å². The van der Waals surface area contributed by atoms with Crippen LogP contribution in [0.2, 0.25) is 0 Å². The lowest BCUT2D eigenvalue weighted by Gasteiger charge is -2.37. The van der Waals surface area contributed by atoms with Gasteiger partial charge in [-0.1, -0.05) is 66.7 Å². The molecule has 0 N–H and O–H groups in total. The first-order valence-electron chi connectivity index (χ1n) is 13.2. The van der Waals surface area contributed by atoms with Crippen LogP contribution < -0.4 is 24.6 Å². The number of benzene rings is 5. The third-order valence-electron chi connectivity index (χ3n) is 7.84. The van der Waals surface area contributed by atoms with Gasteiger partial charge in [0.2, 0.25) is 0 Å². The van der Waals surface area contributed by atoms with Gasteiger partial charge in [0.15, 0.2) is 22.7 Å². The van der Waals surface area contributed by atoms with Crippen molar-refractivity contribution in [2.75, 3.05) is 21.3 Å². The summed E-state index contributed by atoms with van der Waals surface area (Å²) < 4.78 is 29.8. The fourth-order valence-corrected chi connectivity index (χ4v) is 5.83. The fourth-order valence-electron chi connectivity index (χ4n) is 5.83. The summed E-state index contributed by atoms with van der Waals surface area (Å²) >= 11 is 0. The van der Waals surface area contributed by atoms with Gasteiger partial charge in [0.25, 0.3) is 0 Å². The zero-order chi connectivity index (χ0) is 28.1. The lowest BCUT2D eigenvalue weighted by Crippen LogP contribution is -2.34. The fraction of sp³-hybridized carbons (Fsp3) is 0.114. The summed E-state index contributed by atoms with van der Waals surface area (Å²) in [5, 5.41) is 3.46. The topological polar surface area (TPSA) is 67.1 Å². The predicted octanol–water partition coefficient (Wildman–Crippen LogP) is 7.47. The van der Waals surface area contributed by atoms with Gasteiger partial charge >= 0.3 is 5.63 Å². The second-order valence-corrected chi connectivity index (χ2v) is 9.90. The number of hydrogen-bond donors (Lipinski definition) is 0. The monoisotopic (exact) mass is 542 g/mol. The number of methoxy groups -OCH3 is 3. The van der Waals surface area contributed by atoms with Crippen LogP contribution in [0.3, 0.4) is 0 Å². The molecule has 0 bridgehead atoms. The maximum atomic E-state index is 13.4. The molecule has 0 amide bonds. The minimum atomic E-state index is -0.963. The van der Waals surface area contributed by atoms with Crippen LogP contribution in [0.1, 0.15) is 16.7 Å². The molecule has 0 radical (unpaired) electrons. The Hall–Kier alpha value is -5.23. The standard InChI is InChI=1S/C35H26O6/c1-37-23-15-13-22(14-16-23)35(21-9-5-4-6-10-21)18-17-26-24-11-7-8-12-25(24)32-31(33(26)41-35)27-19-29(38-2)30(39-3)20-28(27)34(36)40-32/h4-20H,1-3H3. The van der Waals surface area contributed by atoms with Crippen molar-refractivity contribution >= 4 is 38.6 Å². The Morgan fingerprint density at radius 2 is 1.29 bits per heavy atom. The Morgan fingerprint density at radius 1 is 0.659 bits per heavy atom.